The molecule has 1 spiro atoms. The van der Waals surface area contributed by atoms with Crippen LogP contribution >= 0.6 is 0 Å². The molecule has 1 aromatic heterocycles. The first-order valence-electron chi connectivity index (χ1n) is 18.4. The van der Waals surface area contributed by atoms with Crippen molar-refractivity contribution < 1.29 is 42.7 Å². The number of hydrogen-bond acceptors (Lipinski definition) is 11. The normalized spacial score (nSPS) is 18.9. The number of guanidine groups is 1. The Labute approximate surface area is 316 Å². The van der Waals surface area contributed by atoms with Gasteiger partial charge in [0.1, 0.15) is 34.9 Å². The fraction of sp³-hybridized carbons (Fsp3) is 0.632. The number of alkyl carbamates (subject to hydrolysis) is 2. The number of nitrogens with one attached hydrogen (secondary N) is 2. The molecular weight excluding hydrogens is 698 g/mol. The van der Waals surface area contributed by atoms with Crippen LogP contribution in [0.3, 0.4) is 0 Å². The van der Waals surface area contributed by atoms with E-state index in [1.54, 1.807) is 67.4 Å². The predicted octanol–water partition coefficient (Wildman–Crippen LogP) is 6.32. The van der Waals surface area contributed by atoms with E-state index in [2.05, 4.69) is 20.8 Å². The van der Waals surface area contributed by atoms with E-state index >= 15 is 0 Å². The molecule has 16 heteroatoms. The number of carbonyl (C=O) groups excluding carboxylic acids is 4. The maximum Gasteiger partial charge on any atom is 0.414 e. The first kappa shape index (κ1) is 40.3. The van der Waals surface area contributed by atoms with Gasteiger partial charge in [-0.05, 0) is 92.6 Å². The molecule has 1 aliphatic carbocycles. The summed E-state index contributed by atoms with van der Waals surface area (Å²) in [5.41, 5.74) is -0.727. The van der Waals surface area contributed by atoms with Crippen molar-refractivity contribution in [3.8, 4) is 0 Å². The Morgan fingerprint density at radius 1 is 0.926 bits per heavy atom. The summed E-state index contributed by atoms with van der Waals surface area (Å²) in [6.45, 7) is 16.7. The van der Waals surface area contributed by atoms with Gasteiger partial charge in [-0.1, -0.05) is 35.5 Å². The maximum atomic E-state index is 13.6. The maximum absolute atomic E-state index is 13.6. The number of rotatable bonds is 10. The van der Waals surface area contributed by atoms with Gasteiger partial charge in [-0.25, -0.2) is 19.2 Å². The molecule has 2 saturated heterocycles. The largest absolute Gasteiger partial charge is 0.444 e. The lowest BCUT2D eigenvalue weighted by molar-refractivity contribution is -0.153. The average Bonchev–Trinajstić information content (AvgIpc) is 3.52. The molecule has 296 valence electrons. The van der Waals surface area contributed by atoms with Crippen molar-refractivity contribution >= 4 is 30.3 Å². The highest BCUT2D eigenvalue weighted by atomic mass is 16.7. The monoisotopic (exact) mass is 753 g/mol. The Morgan fingerprint density at radius 2 is 1.54 bits per heavy atom. The fourth-order valence-corrected chi connectivity index (χ4v) is 6.42. The third-order valence-corrected chi connectivity index (χ3v) is 8.95. The molecule has 2 bridgehead atoms. The molecule has 1 saturated carbocycles. The number of piperidine rings is 1. The highest BCUT2D eigenvalue weighted by molar-refractivity contribution is 6.01. The van der Waals surface area contributed by atoms with Crippen molar-refractivity contribution in [2.24, 2.45) is 10.4 Å². The van der Waals surface area contributed by atoms with E-state index in [0.717, 1.165) is 24.8 Å². The molecule has 3 aliphatic rings. The van der Waals surface area contributed by atoms with E-state index in [0.29, 0.717) is 31.0 Å². The van der Waals surface area contributed by atoms with Gasteiger partial charge in [0.25, 0.3) is 0 Å². The van der Waals surface area contributed by atoms with Crippen LogP contribution in [0.15, 0.2) is 45.9 Å². The number of hydroxylamine groups is 2. The zero-order chi connectivity index (χ0) is 39.5. The highest BCUT2D eigenvalue weighted by Crippen LogP contribution is 2.61. The van der Waals surface area contributed by atoms with Crippen LogP contribution in [-0.4, -0.2) is 99.3 Å². The van der Waals surface area contributed by atoms with Gasteiger partial charge in [0.05, 0.1) is 18.6 Å². The SMILES string of the molecule is CC(C)(C)OC(=O)NC(=NCCN(CCc1cc([C@@H]2CC3(CC3)[C@H]3CN2C(=O)N3OCc2ccccc2)no1)C(=O)OC(C)(C)C)NC(=O)OC(C)(C)C. The molecule has 3 heterocycles. The van der Waals surface area contributed by atoms with Crippen molar-refractivity contribution in [3.05, 3.63) is 53.4 Å². The smallest absolute Gasteiger partial charge is 0.414 e. The van der Waals surface area contributed by atoms with Crippen LogP contribution in [0.5, 0.6) is 0 Å². The minimum atomic E-state index is -0.827. The zero-order valence-electron chi connectivity index (χ0n) is 32.9. The van der Waals surface area contributed by atoms with E-state index < -0.39 is 35.1 Å². The number of aromatic nitrogens is 1. The number of amides is 5. The van der Waals surface area contributed by atoms with E-state index in [4.69, 9.17) is 23.6 Å². The lowest BCUT2D eigenvalue weighted by Crippen LogP contribution is -2.47. The molecule has 5 amide bonds. The number of benzene rings is 1. The fourth-order valence-electron chi connectivity index (χ4n) is 6.42. The molecule has 2 aromatic rings. The third-order valence-electron chi connectivity index (χ3n) is 8.95. The summed E-state index contributed by atoms with van der Waals surface area (Å²) >= 11 is 0. The summed E-state index contributed by atoms with van der Waals surface area (Å²) < 4.78 is 22.1. The van der Waals surface area contributed by atoms with Crippen LogP contribution in [-0.2, 0) is 32.1 Å². The number of urea groups is 1. The number of nitrogens with zero attached hydrogens (tertiary/aromatic N) is 5. The predicted molar refractivity (Wildman–Crippen MR) is 197 cm³/mol. The van der Waals surface area contributed by atoms with Crippen molar-refractivity contribution in [3.63, 3.8) is 0 Å². The molecule has 1 aromatic carbocycles. The second kappa shape index (κ2) is 15.9. The van der Waals surface area contributed by atoms with Crippen molar-refractivity contribution in [1.29, 1.82) is 0 Å². The Kier molecular flexibility index (Phi) is 11.8. The van der Waals surface area contributed by atoms with Gasteiger partial charge in [-0.15, -0.1) is 0 Å². The van der Waals surface area contributed by atoms with E-state index in [-0.39, 0.29) is 49.1 Å². The molecule has 0 unspecified atom stereocenters. The van der Waals surface area contributed by atoms with Crippen LogP contribution in [0, 0.1) is 5.41 Å². The van der Waals surface area contributed by atoms with Crippen molar-refractivity contribution in [1.82, 2.24) is 30.7 Å². The minimum absolute atomic E-state index is 0.0134. The Balaban J connectivity index is 1.24. The summed E-state index contributed by atoms with van der Waals surface area (Å²) in [5.74, 6) is 0.336. The number of aliphatic imine (C=N–C) groups is 1. The summed E-state index contributed by atoms with van der Waals surface area (Å²) in [6, 6.07) is 11.2. The Morgan fingerprint density at radius 3 is 2.11 bits per heavy atom. The molecular formula is C38H55N7O9. The molecule has 2 aliphatic heterocycles. The van der Waals surface area contributed by atoms with Crippen LogP contribution in [0.25, 0.3) is 0 Å². The molecule has 2 atom stereocenters. The van der Waals surface area contributed by atoms with Gasteiger partial charge in [0, 0.05) is 32.1 Å². The molecule has 0 radical (unpaired) electrons. The van der Waals surface area contributed by atoms with Crippen LogP contribution in [0.1, 0.15) is 105 Å². The number of fused-ring (bicyclic) bond motifs is 3. The van der Waals surface area contributed by atoms with Crippen LogP contribution in [0.2, 0.25) is 0 Å². The average molecular weight is 754 g/mol. The lowest BCUT2D eigenvalue weighted by Gasteiger charge is -2.35. The molecule has 3 fully saturated rings. The van der Waals surface area contributed by atoms with E-state index in [1.807, 2.05) is 41.3 Å². The topological polar surface area (TPSA) is 177 Å². The number of ether oxygens (including phenoxy) is 3. The quantitative estimate of drug-likeness (QED) is 0.159. The first-order valence-corrected chi connectivity index (χ1v) is 18.4. The standard InChI is InChI=1S/C38H55N7O9/c1-35(2,3)51-31(46)40-30(41-32(47)52-36(4,5)6)39-18-20-43(34(49)53-37(7,8)9)19-15-26-21-27(42-54-26)28-22-38(16-17-38)29-23-44(28)33(48)45(29)50-24-25-13-11-10-12-14-25/h10-14,21,28-29H,15-20,22-24H2,1-9H3,(H2,39,40,41,46,47)/t28-,29+/m0/s1. The van der Waals surface area contributed by atoms with Gasteiger partial charge in [-0.2, -0.15) is 5.06 Å². The number of carbonyl (C=O) groups is 4. The lowest BCUT2D eigenvalue weighted by atomic mass is 9.84. The second-order valence-electron chi connectivity index (χ2n) is 17.0. The summed E-state index contributed by atoms with van der Waals surface area (Å²) in [5, 5.41) is 10.8. The van der Waals surface area contributed by atoms with E-state index in [9.17, 15) is 19.2 Å². The van der Waals surface area contributed by atoms with E-state index in [1.165, 1.54) is 4.90 Å². The van der Waals surface area contributed by atoms with Gasteiger partial charge >= 0.3 is 24.3 Å². The molecule has 54 heavy (non-hydrogen) atoms. The van der Waals surface area contributed by atoms with Crippen LogP contribution < -0.4 is 10.6 Å². The zero-order valence-corrected chi connectivity index (χ0v) is 32.9. The molecule has 2 N–H and O–H groups in total. The first-order chi connectivity index (χ1) is 25.2. The summed E-state index contributed by atoms with van der Waals surface area (Å²) in [6.07, 6.45) is 0.863. The highest BCUT2D eigenvalue weighted by Gasteiger charge is 2.63. The van der Waals surface area contributed by atoms with Crippen LogP contribution in [0.4, 0.5) is 19.2 Å². The third kappa shape index (κ3) is 11.1. The number of hydrogen-bond donors (Lipinski definition) is 2. The second-order valence-corrected chi connectivity index (χ2v) is 17.0. The van der Waals surface area contributed by atoms with Gasteiger partial charge in [-0.3, -0.25) is 20.5 Å². The van der Waals surface area contributed by atoms with Crippen molar-refractivity contribution in [2.45, 2.75) is 123 Å². The van der Waals surface area contributed by atoms with Gasteiger partial charge < -0.3 is 28.5 Å². The molecule has 5 rings (SSSR count). The van der Waals surface area contributed by atoms with Crippen molar-refractivity contribution in [2.75, 3.05) is 26.2 Å². The van der Waals surface area contributed by atoms with Gasteiger partial charge in [0.15, 0.2) is 0 Å². The Hall–Kier alpha value is -4.86. The van der Waals surface area contributed by atoms with Gasteiger partial charge in [0.2, 0.25) is 5.96 Å². The molecule has 16 nitrogen and oxygen atoms in total. The minimum Gasteiger partial charge on any atom is -0.444 e. The summed E-state index contributed by atoms with van der Waals surface area (Å²) in [4.78, 5) is 65.8. The Bertz CT molecular complexity index is 1650. The summed E-state index contributed by atoms with van der Waals surface area (Å²) in [7, 11) is 0.